The first-order chi connectivity index (χ1) is 8.56. The highest BCUT2D eigenvalue weighted by atomic mass is 79.9. The number of benzene rings is 2. The highest BCUT2D eigenvalue weighted by Gasteiger charge is 2.04. The van der Waals surface area contributed by atoms with Gasteiger partial charge in [0.15, 0.2) is 0 Å². The van der Waals surface area contributed by atoms with Crippen molar-refractivity contribution in [2.45, 2.75) is 17.6 Å². The molecule has 0 bridgehead atoms. The van der Waals surface area contributed by atoms with E-state index in [9.17, 15) is 4.39 Å². The lowest BCUT2D eigenvalue weighted by atomic mass is 10.2. The van der Waals surface area contributed by atoms with Gasteiger partial charge in [0.05, 0.1) is 4.47 Å². The van der Waals surface area contributed by atoms with Crippen molar-refractivity contribution in [1.82, 2.24) is 0 Å². The van der Waals surface area contributed by atoms with Crippen LogP contribution >= 0.6 is 27.7 Å². The maximum atomic E-state index is 13.1. The van der Waals surface area contributed by atoms with E-state index in [1.807, 2.05) is 19.1 Å². The van der Waals surface area contributed by atoms with Gasteiger partial charge >= 0.3 is 0 Å². The van der Waals surface area contributed by atoms with Crippen LogP contribution < -0.4 is 5.73 Å². The molecule has 2 aromatic rings. The van der Waals surface area contributed by atoms with Crippen molar-refractivity contribution in [3.8, 4) is 0 Å². The van der Waals surface area contributed by atoms with E-state index in [1.165, 1.54) is 11.6 Å². The number of halogens is 2. The van der Waals surface area contributed by atoms with Crippen molar-refractivity contribution in [2.24, 2.45) is 0 Å². The van der Waals surface area contributed by atoms with Gasteiger partial charge < -0.3 is 5.73 Å². The second-order valence-electron chi connectivity index (χ2n) is 4.08. The van der Waals surface area contributed by atoms with E-state index in [1.54, 1.807) is 23.9 Å². The summed E-state index contributed by atoms with van der Waals surface area (Å²) in [7, 11) is 0. The van der Waals surface area contributed by atoms with Crippen LogP contribution in [0.1, 0.15) is 11.1 Å². The molecule has 2 rings (SSSR count). The third-order valence-corrected chi connectivity index (χ3v) is 4.30. The van der Waals surface area contributed by atoms with Crippen LogP contribution in [0.3, 0.4) is 0 Å². The molecule has 4 heteroatoms. The van der Waals surface area contributed by atoms with Crippen LogP contribution in [0.4, 0.5) is 10.1 Å². The fourth-order valence-corrected chi connectivity index (χ4v) is 2.99. The van der Waals surface area contributed by atoms with Gasteiger partial charge in [0.1, 0.15) is 5.82 Å². The van der Waals surface area contributed by atoms with E-state index in [0.717, 1.165) is 21.9 Å². The van der Waals surface area contributed by atoms with Crippen molar-refractivity contribution in [1.29, 1.82) is 0 Å². The molecule has 0 heterocycles. The minimum atomic E-state index is -0.237. The Labute approximate surface area is 119 Å². The summed E-state index contributed by atoms with van der Waals surface area (Å²) >= 11 is 4.85. The highest BCUT2D eigenvalue weighted by molar-refractivity contribution is 9.10. The molecule has 0 atom stereocenters. The molecule has 0 saturated carbocycles. The molecule has 0 aliphatic heterocycles. The first kappa shape index (κ1) is 13.4. The second kappa shape index (κ2) is 5.76. The first-order valence-electron chi connectivity index (χ1n) is 5.49. The van der Waals surface area contributed by atoms with Crippen LogP contribution in [-0.2, 0) is 5.75 Å². The molecule has 0 aliphatic carbocycles. The van der Waals surface area contributed by atoms with Crippen LogP contribution in [-0.4, -0.2) is 0 Å². The summed E-state index contributed by atoms with van der Waals surface area (Å²) in [6.07, 6.45) is 0. The Morgan fingerprint density at radius 3 is 2.72 bits per heavy atom. The molecule has 0 amide bonds. The Balaban J connectivity index is 2.11. The largest absolute Gasteiger partial charge is 0.398 e. The molecular formula is C14H13BrFNS. The van der Waals surface area contributed by atoms with E-state index in [-0.39, 0.29) is 5.82 Å². The molecule has 94 valence electrons. The van der Waals surface area contributed by atoms with Crippen LogP contribution in [0, 0.1) is 12.7 Å². The van der Waals surface area contributed by atoms with Gasteiger partial charge in [-0.05, 0) is 58.2 Å². The maximum Gasteiger partial charge on any atom is 0.137 e. The lowest BCUT2D eigenvalue weighted by Gasteiger charge is -2.07. The van der Waals surface area contributed by atoms with Gasteiger partial charge in [-0.2, -0.15) is 0 Å². The molecule has 2 aromatic carbocycles. The molecule has 0 aliphatic rings. The second-order valence-corrected chi connectivity index (χ2v) is 5.95. The number of nitrogen functional groups attached to an aromatic ring is 1. The van der Waals surface area contributed by atoms with Crippen molar-refractivity contribution in [3.63, 3.8) is 0 Å². The van der Waals surface area contributed by atoms with E-state index in [0.29, 0.717) is 4.47 Å². The van der Waals surface area contributed by atoms with Gasteiger partial charge in [-0.1, -0.05) is 12.1 Å². The number of anilines is 1. The molecule has 0 unspecified atom stereocenters. The fraction of sp³-hybridized carbons (Fsp3) is 0.143. The molecule has 0 aromatic heterocycles. The van der Waals surface area contributed by atoms with E-state index < -0.39 is 0 Å². The van der Waals surface area contributed by atoms with E-state index in [2.05, 4.69) is 22.0 Å². The SMILES string of the molecule is Cc1ccc(N)c(SCc2ccc(F)c(Br)c2)c1. The molecule has 0 radical (unpaired) electrons. The average molecular weight is 326 g/mol. The van der Waals surface area contributed by atoms with Crippen LogP contribution in [0.2, 0.25) is 0 Å². The summed E-state index contributed by atoms with van der Waals surface area (Å²) in [5, 5.41) is 0. The van der Waals surface area contributed by atoms with Crippen molar-refractivity contribution < 1.29 is 4.39 Å². The maximum absolute atomic E-state index is 13.1. The summed E-state index contributed by atoms with van der Waals surface area (Å²) in [6, 6.07) is 11.0. The zero-order chi connectivity index (χ0) is 13.1. The molecular weight excluding hydrogens is 313 g/mol. The summed E-state index contributed by atoms with van der Waals surface area (Å²) in [4.78, 5) is 1.07. The standard InChI is InChI=1S/C14H13BrFNS/c1-9-2-5-13(17)14(6-9)18-8-10-3-4-12(16)11(15)7-10/h2-7H,8,17H2,1H3. The Morgan fingerprint density at radius 1 is 1.22 bits per heavy atom. The van der Waals surface area contributed by atoms with Crippen molar-refractivity contribution >= 4 is 33.4 Å². The van der Waals surface area contributed by atoms with E-state index in [4.69, 9.17) is 5.73 Å². The van der Waals surface area contributed by atoms with Gasteiger partial charge in [0.25, 0.3) is 0 Å². The fourth-order valence-electron chi connectivity index (χ4n) is 1.56. The number of thioether (sulfide) groups is 1. The quantitative estimate of drug-likeness (QED) is 0.649. The summed E-state index contributed by atoms with van der Waals surface area (Å²) < 4.78 is 13.6. The van der Waals surface area contributed by atoms with Gasteiger partial charge in [-0.3, -0.25) is 0 Å². The molecule has 2 N–H and O–H groups in total. The monoisotopic (exact) mass is 325 g/mol. The lowest BCUT2D eigenvalue weighted by molar-refractivity contribution is 0.620. The van der Waals surface area contributed by atoms with E-state index >= 15 is 0 Å². The third kappa shape index (κ3) is 3.27. The molecule has 0 spiro atoms. The Hall–Kier alpha value is -1.00. The normalized spacial score (nSPS) is 10.6. The first-order valence-corrected chi connectivity index (χ1v) is 7.27. The Kier molecular flexibility index (Phi) is 4.30. The average Bonchev–Trinajstić information content (AvgIpc) is 2.34. The summed E-state index contributed by atoms with van der Waals surface area (Å²) in [5.74, 6) is 0.533. The number of aryl methyl sites for hydroxylation is 1. The number of hydrogen-bond donors (Lipinski definition) is 1. The van der Waals surface area contributed by atoms with Gasteiger partial charge in [0, 0.05) is 16.3 Å². The molecule has 1 nitrogen and oxygen atoms in total. The minimum absolute atomic E-state index is 0.237. The smallest absolute Gasteiger partial charge is 0.137 e. The summed E-state index contributed by atoms with van der Waals surface area (Å²) in [5.41, 5.74) is 8.95. The third-order valence-electron chi connectivity index (χ3n) is 2.55. The highest BCUT2D eigenvalue weighted by Crippen LogP contribution is 2.30. The number of rotatable bonds is 3. The van der Waals surface area contributed by atoms with Crippen molar-refractivity contribution in [2.75, 3.05) is 5.73 Å². The predicted molar refractivity (Wildman–Crippen MR) is 79.3 cm³/mol. The lowest BCUT2D eigenvalue weighted by Crippen LogP contribution is -1.90. The van der Waals surface area contributed by atoms with Crippen molar-refractivity contribution in [3.05, 3.63) is 57.8 Å². The minimum Gasteiger partial charge on any atom is -0.398 e. The topological polar surface area (TPSA) is 26.0 Å². The number of hydrogen-bond acceptors (Lipinski definition) is 2. The molecule has 0 fully saturated rings. The summed E-state index contributed by atoms with van der Waals surface area (Å²) in [6.45, 7) is 2.04. The Morgan fingerprint density at radius 2 is 2.00 bits per heavy atom. The van der Waals surface area contributed by atoms with Gasteiger partial charge in [-0.15, -0.1) is 11.8 Å². The predicted octanol–water partition coefficient (Wildman–Crippen LogP) is 4.77. The van der Waals surface area contributed by atoms with Crippen LogP contribution in [0.25, 0.3) is 0 Å². The molecule has 0 saturated heterocycles. The number of nitrogens with two attached hydrogens (primary N) is 1. The van der Waals surface area contributed by atoms with Crippen LogP contribution in [0.5, 0.6) is 0 Å². The Bertz CT molecular complexity index is 572. The van der Waals surface area contributed by atoms with Gasteiger partial charge in [-0.25, -0.2) is 4.39 Å². The zero-order valence-electron chi connectivity index (χ0n) is 9.91. The van der Waals surface area contributed by atoms with Gasteiger partial charge in [0.2, 0.25) is 0 Å². The molecule has 18 heavy (non-hydrogen) atoms. The zero-order valence-corrected chi connectivity index (χ0v) is 12.3. The van der Waals surface area contributed by atoms with Crippen LogP contribution in [0.15, 0.2) is 45.8 Å².